The Bertz CT molecular complexity index is 431. The van der Waals surface area contributed by atoms with Gasteiger partial charge in [-0.1, -0.05) is 6.07 Å². The number of carbonyl (C=O) groups excluding carboxylic acids is 1. The van der Waals surface area contributed by atoms with Crippen molar-refractivity contribution in [2.24, 2.45) is 16.0 Å². The average molecular weight is 234 g/mol. The molecule has 0 aliphatic rings. The number of benzene rings is 1. The zero-order valence-electron chi connectivity index (χ0n) is 9.42. The minimum Gasteiger partial charge on any atom is -0.341 e. The van der Waals surface area contributed by atoms with Crippen LogP contribution in [0.4, 0.5) is 16.2 Å². The number of hydrazone groups is 2. The first-order valence-electron chi connectivity index (χ1n) is 4.79. The minimum atomic E-state index is -0.298. The van der Waals surface area contributed by atoms with E-state index in [4.69, 9.17) is 5.84 Å². The predicted molar refractivity (Wildman–Crippen MR) is 69.2 cm³/mol. The Kier molecular flexibility index (Phi) is 4.49. The number of hydrogen-bond donors (Lipinski definition) is 3. The molecule has 90 valence electrons. The van der Waals surface area contributed by atoms with Crippen molar-refractivity contribution in [1.82, 2.24) is 5.32 Å². The molecule has 0 aliphatic heterocycles. The van der Waals surface area contributed by atoms with Gasteiger partial charge in [-0.15, -0.1) is 0 Å². The van der Waals surface area contributed by atoms with Gasteiger partial charge in [0.1, 0.15) is 6.34 Å². The van der Waals surface area contributed by atoms with E-state index in [1.807, 2.05) is 0 Å². The predicted octanol–water partition coefficient (Wildman–Crippen LogP) is 0.762. The first-order valence-corrected chi connectivity index (χ1v) is 4.79. The average Bonchev–Trinajstić information content (AvgIpc) is 2.36. The third-order valence-corrected chi connectivity index (χ3v) is 1.92. The summed E-state index contributed by atoms with van der Waals surface area (Å²) in [7, 11) is 1.54. The van der Waals surface area contributed by atoms with Crippen molar-refractivity contribution >= 4 is 30.5 Å². The number of anilines is 2. The Balaban J connectivity index is 2.91. The van der Waals surface area contributed by atoms with Gasteiger partial charge in [-0.25, -0.2) is 9.80 Å². The molecular formula is C10H14N6O. The topological polar surface area (TPSA) is 95.1 Å². The van der Waals surface area contributed by atoms with Crippen LogP contribution in [0.1, 0.15) is 0 Å². The Morgan fingerprint density at radius 3 is 2.94 bits per heavy atom. The van der Waals surface area contributed by atoms with E-state index < -0.39 is 0 Å². The van der Waals surface area contributed by atoms with Crippen LogP contribution in [0.25, 0.3) is 0 Å². The molecule has 2 amide bonds. The maximum absolute atomic E-state index is 11.1. The molecule has 0 fully saturated rings. The van der Waals surface area contributed by atoms with Gasteiger partial charge in [0.2, 0.25) is 0 Å². The van der Waals surface area contributed by atoms with Crippen LogP contribution in [0.15, 0.2) is 34.5 Å². The molecule has 0 saturated carbocycles. The highest BCUT2D eigenvalue weighted by Crippen LogP contribution is 2.18. The van der Waals surface area contributed by atoms with E-state index in [-0.39, 0.29) is 6.03 Å². The van der Waals surface area contributed by atoms with Gasteiger partial charge < -0.3 is 16.5 Å². The van der Waals surface area contributed by atoms with Crippen LogP contribution in [-0.2, 0) is 0 Å². The van der Waals surface area contributed by atoms with Gasteiger partial charge in [0.05, 0.1) is 5.69 Å². The highest BCUT2D eigenvalue weighted by molar-refractivity contribution is 5.90. The molecule has 17 heavy (non-hydrogen) atoms. The molecule has 0 aliphatic carbocycles. The van der Waals surface area contributed by atoms with Crippen LogP contribution in [0.5, 0.6) is 0 Å². The smallest absolute Gasteiger partial charge is 0.318 e. The fourth-order valence-electron chi connectivity index (χ4n) is 1.17. The highest BCUT2D eigenvalue weighted by atomic mass is 16.2. The first kappa shape index (κ1) is 12.5. The van der Waals surface area contributed by atoms with Crippen LogP contribution >= 0.6 is 0 Å². The van der Waals surface area contributed by atoms with E-state index in [2.05, 4.69) is 27.6 Å². The summed E-state index contributed by atoms with van der Waals surface area (Å²) < 4.78 is 0. The molecule has 4 N–H and O–H groups in total. The number of nitrogens with one attached hydrogen (secondary N) is 2. The van der Waals surface area contributed by atoms with E-state index >= 15 is 0 Å². The summed E-state index contributed by atoms with van der Waals surface area (Å²) in [6.45, 7) is 3.39. The molecule has 1 rings (SSSR count). The molecular weight excluding hydrogens is 220 g/mol. The lowest BCUT2D eigenvalue weighted by Gasteiger charge is -2.13. The number of carbonyl (C=O) groups is 1. The molecule has 1 aromatic carbocycles. The maximum Gasteiger partial charge on any atom is 0.318 e. The first-order chi connectivity index (χ1) is 8.21. The monoisotopic (exact) mass is 234 g/mol. The minimum absolute atomic E-state index is 0.298. The lowest BCUT2D eigenvalue weighted by atomic mass is 10.3. The van der Waals surface area contributed by atoms with Gasteiger partial charge in [0.25, 0.3) is 0 Å². The van der Waals surface area contributed by atoms with Crippen molar-refractivity contribution in [3.05, 3.63) is 24.3 Å². The highest BCUT2D eigenvalue weighted by Gasteiger charge is 2.04. The fraction of sp³-hybridized carbons (Fsp3) is 0.100. The molecule has 0 bridgehead atoms. The van der Waals surface area contributed by atoms with Gasteiger partial charge in [-0.3, -0.25) is 0 Å². The molecule has 0 unspecified atom stereocenters. The summed E-state index contributed by atoms with van der Waals surface area (Å²) in [5.74, 6) is 5.04. The van der Waals surface area contributed by atoms with E-state index in [1.165, 1.54) is 18.4 Å². The third-order valence-electron chi connectivity index (χ3n) is 1.92. The van der Waals surface area contributed by atoms with Crippen molar-refractivity contribution in [2.75, 3.05) is 17.4 Å². The summed E-state index contributed by atoms with van der Waals surface area (Å²) in [5, 5.41) is 13.5. The molecule has 0 atom stereocenters. The van der Waals surface area contributed by atoms with E-state index in [9.17, 15) is 4.79 Å². The number of rotatable bonds is 4. The summed E-state index contributed by atoms with van der Waals surface area (Å²) in [5.41, 5.74) is 1.31. The van der Waals surface area contributed by atoms with Gasteiger partial charge >= 0.3 is 6.03 Å². The maximum atomic E-state index is 11.1. The number of hydrogen-bond acceptors (Lipinski definition) is 4. The lowest BCUT2D eigenvalue weighted by Crippen LogP contribution is -2.24. The number of urea groups is 1. The zero-order valence-corrected chi connectivity index (χ0v) is 9.42. The fourth-order valence-corrected chi connectivity index (χ4v) is 1.17. The SMILES string of the molecule is C=NN(/C=N\N)c1cccc(NC(=O)NC)c1. The lowest BCUT2D eigenvalue weighted by molar-refractivity contribution is 0.254. The molecule has 0 heterocycles. The Morgan fingerprint density at radius 1 is 1.59 bits per heavy atom. The van der Waals surface area contributed by atoms with E-state index in [0.717, 1.165) is 0 Å². The third kappa shape index (κ3) is 3.49. The Hall–Kier alpha value is -2.57. The molecule has 7 heteroatoms. The molecule has 0 saturated heterocycles. The second-order valence-electron chi connectivity index (χ2n) is 3.00. The van der Waals surface area contributed by atoms with Crippen LogP contribution in [0, 0.1) is 0 Å². The van der Waals surface area contributed by atoms with Gasteiger partial charge in [0, 0.05) is 19.5 Å². The molecule has 7 nitrogen and oxygen atoms in total. The van der Waals surface area contributed by atoms with Crippen LogP contribution in [0.3, 0.4) is 0 Å². The summed E-state index contributed by atoms with van der Waals surface area (Å²) in [4.78, 5) is 11.1. The van der Waals surface area contributed by atoms with Crippen LogP contribution in [-0.4, -0.2) is 26.1 Å². The standard InChI is InChI=1S/C10H14N6O/c1-12-10(17)15-8-4-3-5-9(6-8)16(13-2)7-14-11/h3-7H,2,11H2,1H3,(H2,12,15,17)/b14-7-. The summed E-state index contributed by atoms with van der Waals surface area (Å²) in [6, 6.07) is 6.72. The van der Waals surface area contributed by atoms with E-state index in [1.54, 1.807) is 24.3 Å². The van der Waals surface area contributed by atoms with E-state index in [0.29, 0.717) is 11.4 Å². The zero-order chi connectivity index (χ0) is 12.7. The van der Waals surface area contributed by atoms with Crippen LogP contribution in [0.2, 0.25) is 0 Å². The van der Waals surface area contributed by atoms with Crippen LogP contribution < -0.4 is 21.5 Å². The second-order valence-corrected chi connectivity index (χ2v) is 3.00. The Labute approximate surface area is 99.0 Å². The summed E-state index contributed by atoms with van der Waals surface area (Å²) >= 11 is 0. The van der Waals surface area contributed by atoms with Gasteiger partial charge in [0.15, 0.2) is 0 Å². The van der Waals surface area contributed by atoms with Crippen molar-refractivity contribution < 1.29 is 4.79 Å². The molecule has 0 aromatic heterocycles. The number of nitrogens with two attached hydrogens (primary N) is 1. The number of nitrogens with zero attached hydrogens (tertiary/aromatic N) is 3. The largest absolute Gasteiger partial charge is 0.341 e. The summed E-state index contributed by atoms with van der Waals surface area (Å²) in [6.07, 6.45) is 1.31. The molecule has 0 spiro atoms. The normalized spacial score (nSPS) is 9.94. The van der Waals surface area contributed by atoms with Gasteiger partial charge in [-0.05, 0) is 18.2 Å². The van der Waals surface area contributed by atoms with Crippen molar-refractivity contribution in [1.29, 1.82) is 0 Å². The second kappa shape index (κ2) is 6.11. The van der Waals surface area contributed by atoms with Crippen molar-refractivity contribution in [2.45, 2.75) is 0 Å². The quantitative estimate of drug-likeness (QED) is 0.310. The van der Waals surface area contributed by atoms with Crippen molar-refractivity contribution in [3.8, 4) is 0 Å². The molecule has 1 aromatic rings. The Morgan fingerprint density at radius 2 is 2.35 bits per heavy atom. The number of amides is 2. The van der Waals surface area contributed by atoms with Crippen molar-refractivity contribution in [3.63, 3.8) is 0 Å². The van der Waals surface area contributed by atoms with Gasteiger partial charge in [-0.2, -0.15) is 10.2 Å². The molecule has 0 radical (unpaired) electrons.